The van der Waals surface area contributed by atoms with Crippen molar-refractivity contribution in [2.24, 2.45) is 0 Å². The molecule has 17 heavy (non-hydrogen) atoms. The van der Waals surface area contributed by atoms with Gasteiger partial charge >= 0.3 is 0 Å². The van der Waals surface area contributed by atoms with E-state index in [2.05, 4.69) is 23.3 Å². The van der Waals surface area contributed by atoms with Crippen LogP contribution < -0.4 is 5.32 Å². The smallest absolute Gasteiger partial charge is 0.125 e. The van der Waals surface area contributed by atoms with Crippen LogP contribution in [-0.4, -0.2) is 23.1 Å². The molecular weight excluding hydrogens is 230 g/mol. The second kappa shape index (κ2) is 4.63. The molecule has 3 rings (SSSR count). The van der Waals surface area contributed by atoms with Crippen LogP contribution in [0.15, 0.2) is 18.5 Å². The molecule has 90 valence electrons. The van der Waals surface area contributed by atoms with Crippen LogP contribution in [-0.2, 0) is 0 Å². The third kappa shape index (κ3) is 2.15. The van der Waals surface area contributed by atoms with E-state index in [1.54, 1.807) is 0 Å². The first-order chi connectivity index (χ1) is 8.34. The Bertz CT molecular complexity index is 481. The summed E-state index contributed by atoms with van der Waals surface area (Å²) >= 11 is 1.86. The molecule has 0 aromatic carbocycles. The number of aryl methyl sites for hydroxylation is 1. The van der Waals surface area contributed by atoms with Crippen molar-refractivity contribution >= 4 is 11.3 Å². The van der Waals surface area contributed by atoms with E-state index in [1.165, 1.54) is 29.0 Å². The highest BCUT2D eigenvalue weighted by atomic mass is 32.1. The molecule has 3 nitrogen and oxygen atoms in total. The molecule has 2 aromatic rings. The number of nitrogens with zero attached hydrogens (tertiary/aromatic N) is 1. The predicted octanol–water partition coefficient (Wildman–Crippen LogP) is 2.91. The Hall–Kier alpha value is -1.13. The minimum atomic E-state index is 0.710. The lowest BCUT2D eigenvalue weighted by Gasteiger charge is -2.21. The minimum Gasteiger partial charge on any atom is -0.367 e. The molecule has 1 saturated heterocycles. The maximum absolute atomic E-state index is 4.71. The highest BCUT2D eigenvalue weighted by Gasteiger charge is 2.20. The van der Waals surface area contributed by atoms with E-state index in [0.29, 0.717) is 5.92 Å². The van der Waals surface area contributed by atoms with Crippen LogP contribution in [0.2, 0.25) is 0 Å². The highest BCUT2D eigenvalue weighted by molar-refractivity contribution is 7.15. The number of aromatic nitrogens is 2. The molecule has 4 heteroatoms. The summed E-state index contributed by atoms with van der Waals surface area (Å²) in [6.45, 7) is 4.42. The molecule has 0 amide bonds. The van der Waals surface area contributed by atoms with E-state index in [-0.39, 0.29) is 0 Å². The van der Waals surface area contributed by atoms with Crippen LogP contribution in [0, 0.1) is 6.92 Å². The zero-order valence-corrected chi connectivity index (χ0v) is 10.8. The Labute approximate surface area is 105 Å². The highest BCUT2D eigenvalue weighted by Crippen LogP contribution is 2.36. The van der Waals surface area contributed by atoms with Crippen LogP contribution in [0.4, 0.5) is 0 Å². The first kappa shape index (κ1) is 11.0. The third-order valence-corrected chi connectivity index (χ3v) is 4.76. The number of piperidine rings is 1. The standard InChI is InChI=1S/C13H17N3S/c1-9-12(10-2-5-14-6-3-10)17-13(16-9)11-4-7-15-8-11/h4,7-8,10,14-15H,2-3,5-6H2,1H3. The van der Waals surface area contributed by atoms with Gasteiger partial charge < -0.3 is 10.3 Å². The topological polar surface area (TPSA) is 40.7 Å². The van der Waals surface area contributed by atoms with Crippen molar-refractivity contribution in [3.63, 3.8) is 0 Å². The van der Waals surface area contributed by atoms with E-state index in [9.17, 15) is 0 Å². The number of hydrogen-bond donors (Lipinski definition) is 2. The second-order valence-electron chi connectivity index (χ2n) is 4.59. The van der Waals surface area contributed by atoms with E-state index < -0.39 is 0 Å². The van der Waals surface area contributed by atoms with E-state index in [4.69, 9.17) is 4.98 Å². The van der Waals surface area contributed by atoms with Gasteiger partial charge in [0.05, 0.1) is 5.69 Å². The van der Waals surface area contributed by atoms with Gasteiger partial charge in [-0.2, -0.15) is 0 Å². The van der Waals surface area contributed by atoms with Crippen molar-refractivity contribution in [3.8, 4) is 10.6 Å². The zero-order valence-electron chi connectivity index (χ0n) is 9.99. The van der Waals surface area contributed by atoms with Crippen molar-refractivity contribution in [2.45, 2.75) is 25.7 Å². The Balaban J connectivity index is 1.90. The maximum atomic E-state index is 4.71. The average molecular weight is 247 g/mol. The first-order valence-corrected chi connectivity index (χ1v) is 6.97. The van der Waals surface area contributed by atoms with Crippen LogP contribution in [0.25, 0.3) is 10.6 Å². The summed E-state index contributed by atoms with van der Waals surface area (Å²) in [5.41, 5.74) is 2.43. The van der Waals surface area contributed by atoms with Gasteiger partial charge in [-0.3, -0.25) is 0 Å². The molecule has 0 atom stereocenters. The summed E-state index contributed by atoms with van der Waals surface area (Å²) in [6, 6.07) is 2.09. The Kier molecular flexibility index (Phi) is 2.99. The zero-order chi connectivity index (χ0) is 11.7. The SMILES string of the molecule is Cc1nc(-c2cc[nH]c2)sc1C1CCNCC1. The Morgan fingerprint density at radius 1 is 1.35 bits per heavy atom. The number of aromatic amines is 1. The molecule has 0 bridgehead atoms. The summed E-state index contributed by atoms with van der Waals surface area (Å²) in [5, 5.41) is 4.57. The fraction of sp³-hybridized carbons (Fsp3) is 0.462. The number of thiazole rings is 1. The van der Waals surface area contributed by atoms with Gasteiger partial charge in [-0.05, 0) is 44.8 Å². The van der Waals surface area contributed by atoms with Gasteiger partial charge in [-0.1, -0.05) is 0 Å². The van der Waals surface area contributed by atoms with Crippen molar-refractivity contribution in [3.05, 3.63) is 29.0 Å². The average Bonchev–Trinajstić information content (AvgIpc) is 2.99. The van der Waals surface area contributed by atoms with Crippen molar-refractivity contribution < 1.29 is 0 Å². The molecular formula is C13H17N3S. The van der Waals surface area contributed by atoms with E-state index in [0.717, 1.165) is 18.1 Å². The predicted molar refractivity (Wildman–Crippen MR) is 71.5 cm³/mol. The van der Waals surface area contributed by atoms with Crippen molar-refractivity contribution in [2.75, 3.05) is 13.1 Å². The fourth-order valence-electron chi connectivity index (χ4n) is 2.45. The number of nitrogens with one attached hydrogen (secondary N) is 2. The first-order valence-electron chi connectivity index (χ1n) is 6.16. The van der Waals surface area contributed by atoms with Gasteiger partial charge in [-0.25, -0.2) is 4.98 Å². The molecule has 1 fully saturated rings. The molecule has 2 aromatic heterocycles. The lowest BCUT2D eigenvalue weighted by molar-refractivity contribution is 0.463. The third-order valence-electron chi connectivity index (χ3n) is 3.39. The minimum absolute atomic E-state index is 0.710. The molecule has 0 radical (unpaired) electrons. The fourth-order valence-corrected chi connectivity index (χ4v) is 3.68. The molecule has 0 aliphatic carbocycles. The number of H-pyrrole nitrogens is 1. The van der Waals surface area contributed by atoms with Crippen molar-refractivity contribution in [1.29, 1.82) is 0 Å². The van der Waals surface area contributed by atoms with Crippen LogP contribution in [0.5, 0.6) is 0 Å². The normalized spacial score (nSPS) is 17.5. The molecule has 1 aliphatic rings. The van der Waals surface area contributed by atoms with Gasteiger partial charge in [0.25, 0.3) is 0 Å². The van der Waals surface area contributed by atoms with Gasteiger partial charge in [0.1, 0.15) is 5.01 Å². The summed E-state index contributed by atoms with van der Waals surface area (Å²) in [5.74, 6) is 0.710. The summed E-state index contributed by atoms with van der Waals surface area (Å²) < 4.78 is 0. The molecule has 3 heterocycles. The van der Waals surface area contributed by atoms with Crippen LogP contribution >= 0.6 is 11.3 Å². The quantitative estimate of drug-likeness (QED) is 0.856. The van der Waals surface area contributed by atoms with Gasteiger partial charge in [0.15, 0.2) is 0 Å². The summed E-state index contributed by atoms with van der Waals surface area (Å²) in [6.07, 6.45) is 6.46. The number of hydrogen-bond acceptors (Lipinski definition) is 3. The van der Waals surface area contributed by atoms with E-state index >= 15 is 0 Å². The summed E-state index contributed by atoms with van der Waals surface area (Å²) in [4.78, 5) is 9.29. The molecule has 0 unspecified atom stereocenters. The maximum Gasteiger partial charge on any atom is 0.125 e. The van der Waals surface area contributed by atoms with Crippen LogP contribution in [0.3, 0.4) is 0 Å². The van der Waals surface area contributed by atoms with Crippen molar-refractivity contribution in [1.82, 2.24) is 15.3 Å². The van der Waals surface area contributed by atoms with Gasteiger partial charge in [0, 0.05) is 22.8 Å². The molecule has 0 saturated carbocycles. The number of rotatable bonds is 2. The summed E-state index contributed by atoms with van der Waals surface area (Å²) in [7, 11) is 0. The monoisotopic (exact) mass is 247 g/mol. The van der Waals surface area contributed by atoms with Gasteiger partial charge in [-0.15, -0.1) is 11.3 Å². The van der Waals surface area contributed by atoms with Crippen LogP contribution in [0.1, 0.15) is 29.3 Å². The van der Waals surface area contributed by atoms with Gasteiger partial charge in [0.2, 0.25) is 0 Å². The molecule has 1 aliphatic heterocycles. The Morgan fingerprint density at radius 3 is 2.88 bits per heavy atom. The molecule has 0 spiro atoms. The Morgan fingerprint density at radius 2 is 2.18 bits per heavy atom. The molecule has 2 N–H and O–H groups in total. The van der Waals surface area contributed by atoms with E-state index in [1.807, 2.05) is 23.7 Å². The lowest BCUT2D eigenvalue weighted by atomic mass is 9.96. The largest absolute Gasteiger partial charge is 0.367 e. The lowest BCUT2D eigenvalue weighted by Crippen LogP contribution is -2.26. The second-order valence-corrected chi connectivity index (χ2v) is 5.62.